The lowest BCUT2D eigenvalue weighted by Gasteiger charge is -2.38. The number of hydrogen-bond acceptors (Lipinski definition) is 4. The van der Waals surface area contributed by atoms with E-state index in [9.17, 15) is 4.79 Å². The minimum absolute atomic E-state index is 0.0623. The molecular weight excluding hydrogens is 292 g/mol. The van der Waals surface area contributed by atoms with Gasteiger partial charge in [-0.15, -0.1) is 0 Å². The third-order valence-corrected chi connectivity index (χ3v) is 3.98. The van der Waals surface area contributed by atoms with Gasteiger partial charge >= 0.3 is 0 Å². The number of ether oxygens (including phenoxy) is 1. The molecule has 6 nitrogen and oxygen atoms in total. The molecule has 3 rings (SSSR count). The first-order chi connectivity index (χ1) is 11.1. The molecule has 0 radical (unpaired) electrons. The van der Waals surface area contributed by atoms with Gasteiger partial charge in [0, 0.05) is 18.5 Å². The first-order valence-corrected chi connectivity index (χ1v) is 7.49. The average molecular weight is 312 g/mol. The highest BCUT2D eigenvalue weighted by Gasteiger charge is 2.28. The second kappa shape index (κ2) is 6.16. The molecule has 120 valence electrons. The van der Waals surface area contributed by atoms with Gasteiger partial charge in [0.25, 0.3) is 0 Å². The van der Waals surface area contributed by atoms with Crippen LogP contribution in [0.2, 0.25) is 0 Å². The highest BCUT2D eigenvalue weighted by atomic mass is 16.5. The van der Waals surface area contributed by atoms with E-state index in [0.29, 0.717) is 0 Å². The summed E-state index contributed by atoms with van der Waals surface area (Å²) in [7, 11) is 1.65. The Labute approximate surface area is 135 Å². The first-order valence-electron chi connectivity index (χ1n) is 7.49. The number of rotatable bonds is 4. The Kier molecular flexibility index (Phi) is 4.06. The molecule has 23 heavy (non-hydrogen) atoms. The lowest BCUT2D eigenvalue weighted by Crippen LogP contribution is -2.46. The van der Waals surface area contributed by atoms with E-state index in [1.807, 2.05) is 43.6 Å². The van der Waals surface area contributed by atoms with Crippen molar-refractivity contribution in [3.05, 3.63) is 60.1 Å². The molecule has 6 heteroatoms. The molecule has 1 unspecified atom stereocenters. The van der Waals surface area contributed by atoms with Crippen LogP contribution in [0.25, 0.3) is 0 Å². The van der Waals surface area contributed by atoms with Gasteiger partial charge in [0.1, 0.15) is 5.75 Å². The number of aromatic nitrogens is 2. The van der Waals surface area contributed by atoms with E-state index in [2.05, 4.69) is 22.2 Å². The number of nitrogens with zero attached hydrogens (tertiary/aromatic N) is 3. The Morgan fingerprint density at radius 1 is 1.30 bits per heavy atom. The van der Waals surface area contributed by atoms with Crippen LogP contribution < -0.4 is 10.1 Å². The zero-order valence-electron chi connectivity index (χ0n) is 13.4. The SMILES string of the molecule is COc1ccc([C@H](C)N2C=CC(=O)NC2n2cc(C)cn2)cc1. The smallest absolute Gasteiger partial charge is 0.248 e. The van der Waals surface area contributed by atoms with Crippen LogP contribution in [0, 0.1) is 6.92 Å². The molecule has 1 N–H and O–H groups in total. The van der Waals surface area contributed by atoms with Gasteiger partial charge in [-0.3, -0.25) is 4.79 Å². The molecule has 2 atom stereocenters. The van der Waals surface area contributed by atoms with Gasteiger partial charge in [0.2, 0.25) is 12.2 Å². The van der Waals surface area contributed by atoms with Gasteiger partial charge in [-0.1, -0.05) is 12.1 Å². The molecule has 0 saturated carbocycles. The zero-order valence-corrected chi connectivity index (χ0v) is 13.4. The van der Waals surface area contributed by atoms with Crippen LogP contribution in [0.3, 0.4) is 0 Å². The minimum atomic E-state index is -0.349. The van der Waals surface area contributed by atoms with Crippen molar-refractivity contribution < 1.29 is 9.53 Å². The molecule has 1 aliphatic rings. The fourth-order valence-electron chi connectivity index (χ4n) is 2.65. The van der Waals surface area contributed by atoms with Crippen molar-refractivity contribution in [2.24, 2.45) is 0 Å². The molecule has 2 aromatic rings. The summed E-state index contributed by atoms with van der Waals surface area (Å²) in [5.41, 5.74) is 2.17. The average Bonchev–Trinajstić information content (AvgIpc) is 3.00. The molecule has 1 aromatic carbocycles. The van der Waals surface area contributed by atoms with E-state index in [4.69, 9.17) is 4.74 Å². The molecule has 2 heterocycles. The maximum absolute atomic E-state index is 11.8. The normalized spacial score (nSPS) is 18.7. The van der Waals surface area contributed by atoms with Crippen LogP contribution in [0.4, 0.5) is 0 Å². The van der Waals surface area contributed by atoms with Crippen molar-refractivity contribution in [2.45, 2.75) is 26.2 Å². The third-order valence-electron chi connectivity index (χ3n) is 3.98. The molecular formula is C17H20N4O2. The molecule has 1 aliphatic heterocycles. The Morgan fingerprint density at radius 3 is 2.65 bits per heavy atom. The summed E-state index contributed by atoms with van der Waals surface area (Å²) in [5.74, 6) is 0.698. The maximum atomic E-state index is 11.8. The van der Waals surface area contributed by atoms with Crippen LogP contribution >= 0.6 is 0 Å². The monoisotopic (exact) mass is 312 g/mol. The van der Waals surface area contributed by atoms with Gasteiger partial charge in [-0.2, -0.15) is 5.10 Å². The first kappa shape index (κ1) is 15.1. The standard InChI is InChI=1S/C17H20N4O2/c1-12-10-18-21(11-12)17-19-16(22)8-9-20(17)13(2)14-4-6-15(23-3)7-5-14/h4-11,13,17H,1-3H3,(H,19,22)/t13-,17?/m0/s1. The van der Waals surface area contributed by atoms with Crippen molar-refractivity contribution >= 4 is 5.91 Å². The van der Waals surface area contributed by atoms with Crippen molar-refractivity contribution in [3.8, 4) is 5.75 Å². The topological polar surface area (TPSA) is 59.4 Å². The van der Waals surface area contributed by atoms with Gasteiger partial charge < -0.3 is 15.0 Å². The summed E-state index contributed by atoms with van der Waals surface area (Å²) >= 11 is 0. The number of methoxy groups -OCH3 is 1. The molecule has 0 fully saturated rings. The lowest BCUT2D eigenvalue weighted by molar-refractivity contribution is -0.121. The fourth-order valence-corrected chi connectivity index (χ4v) is 2.65. The van der Waals surface area contributed by atoms with Crippen molar-refractivity contribution in [1.82, 2.24) is 20.0 Å². The number of benzene rings is 1. The highest BCUT2D eigenvalue weighted by Crippen LogP contribution is 2.29. The number of amides is 1. The lowest BCUT2D eigenvalue weighted by atomic mass is 10.1. The van der Waals surface area contributed by atoms with Crippen molar-refractivity contribution in [3.63, 3.8) is 0 Å². The predicted octanol–water partition coefficient (Wildman–Crippen LogP) is 2.36. The van der Waals surface area contributed by atoms with Crippen LogP contribution in [-0.4, -0.2) is 27.7 Å². The summed E-state index contributed by atoms with van der Waals surface area (Å²) < 4.78 is 6.96. The maximum Gasteiger partial charge on any atom is 0.248 e. The quantitative estimate of drug-likeness (QED) is 0.941. The van der Waals surface area contributed by atoms with Crippen LogP contribution in [0.5, 0.6) is 5.75 Å². The summed E-state index contributed by atoms with van der Waals surface area (Å²) in [5, 5.41) is 7.28. The fraction of sp³-hybridized carbons (Fsp3) is 0.294. The van der Waals surface area contributed by atoms with E-state index in [0.717, 1.165) is 16.9 Å². The van der Waals surface area contributed by atoms with E-state index in [-0.39, 0.29) is 18.2 Å². The summed E-state index contributed by atoms with van der Waals surface area (Å²) in [6.07, 6.45) is 6.69. The van der Waals surface area contributed by atoms with E-state index in [1.165, 1.54) is 6.08 Å². The number of nitrogens with one attached hydrogen (secondary N) is 1. The Hall–Kier alpha value is -2.76. The molecule has 1 amide bonds. The van der Waals surface area contributed by atoms with E-state index >= 15 is 0 Å². The van der Waals surface area contributed by atoms with Crippen molar-refractivity contribution in [2.75, 3.05) is 7.11 Å². The zero-order chi connectivity index (χ0) is 16.4. The molecule has 0 bridgehead atoms. The predicted molar refractivity (Wildman–Crippen MR) is 86.5 cm³/mol. The molecule has 1 aromatic heterocycles. The Balaban J connectivity index is 1.90. The third kappa shape index (κ3) is 3.06. The number of carbonyl (C=O) groups is 1. The Bertz CT molecular complexity index is 720. The van der Waals surface area contributed by atoms with Crippen LogP contribution in [0.15, 0.2) is 48.9 Å². The van der Waals surface area contributed by atoms with E-state index < -0.39 is 0 Å². The number of aryl methyl sites for hydroxylation is 1. The summed E-state index contributed by atoms with van der Waals surface area (Å²) in [4.78, 5) is 13.8. The second-order valence-corrected chi connectivity index (χ2v) is 5.59. The number of carbonyl (C=O) groups excluding carboxylic acids is 1. The van der Waals surface area contributed by atoms with Crippen LogP contribution in [0.1, 0.15) is 30.4 Å². The highest BCUT2D eigenvalue weighted by molar-refractivity contribution is 5.88. The van der Waals surface area contributed by atoms with E-state index in [1.54, 1.807) is 18.0 Å². The molecule has 0 spiro atoms. The molecule has 0 aliphatic carbocycles. The number of hydrogen-bond donors (Lipinski definition) is 1. The summed E-state index contributed by atoms with van der Waals surface area (Å²) in [6.45, 7) is 4.06. The summed E-state index contributed by atoms with van der Waals surface area (Å²) in [6, 6.07) is 7.99. The van der Waals surface area contributed by atoms with Crippen LogP contribution in [-0.2, 0) is 4.79 Å². The van der Waals surface area contributed by atoms with Gasteiger partial charge in [-0.25, -0.2) is 4.68 Å². The minimum Gasteiger partial charge on any atom is -0.497 e. The molecule has 0 saturated heterocycles. The van der Waals surface area contributed by atoms with Gasteiger partial charge in [0.05, 0.1) is 19.3 Å². The Morgan fingerprint density at radius 2 is 2.04 bits per heavy atom. The van der Waals surface area contributed by atoms with Crippen molar-refractivity contribution in [1.29, 1.82) is 0 Å². The van der Waals surface area contributed by atoms with Gasteiger partial charge in [-0.05, 0) is 37.1 Å². The largest absolute Gasteiger partial charge is 0.497 e. The van der Waals surface area contributed by atoms with Gasteiger partial charge in [0.15, 0.2) is 0 Å². The second-order valence-electron chi connectivity index (χ2n) is 5.59.